The van der Waals surface area contributed by atoms with Crippen molar-refractivity contribution in [2.75, 3.05) is 0 Å². The highest BCUT2D eigenvalue weighted by molar-refractivity contribution is 5.86. The minimum absolute atomic E-state index is 0.0392. The van der Waals surface area contributed by atoms with E-state index in [1.54, 1.807) is 13.0 Å². The van der Waals surface area contributed by atoms with E-state index in [9.17, 15) is 4.79 Å². The molecule has 0 aliphatic rings. The van der Waals surface area contributed by atoms with Crippen LogP contribution in [0.1, 0.15) is 41.7 Å². The number of hydrogen-bond donors (Lipinski definition) is 1. The zero-order valence-electron chi connectivity index (χ0n) is 9.72. The number of aromatic carboxylic acids is 1. The van der Waals surface area contributed by atoms with Crippen LogP contribution in [0.15, 0.2) is 15.0 Å². The van der Waals surface area contributed by atoms with Crippen LogP contribution in [0.2, 0.25) is 0 Å². The summed E-state index contributed by atoms with van der Waals surface area (Å²) in [7, 11) is 0. The van der Waals surface area contributed by atoms with Gasteiger partial charge < -0.3 is 14.0 Å². The Morgan fingerprint density at radius 1 is 1.47 bits per heavy atom. The normalized spacial score (nSPS) is 11.1. The van der Waals surface area contributed by atoms with Gasteiger partial charge in [0.15, 0.2) is 0 Å². The first-order valence-corrected chi connectivity index (χ1v) is 5.16. The Morgan fingerprint density at radius 2 is 2.18 bits per heavy atom. The lowest BCUT2D eigenvalue weighted by Crippen LogP contribution is -2.01. The molecule has 2 heterocycles. The summed E-state index contributed by atoms with van der Waals surface area (Å²) in [5.74, 6) is -0.848. The first-order valence-electron chi connectivity index (χ1n) is 5.16. The first kappa shape index (κ1) is 11.4. The van der Waals surface area contributed by atoms with Gasteiger partial charge in [0.2, 0.25) is 11.5 Å². The molecular formula is C11H12N2O4. The van der Waals surface area contributed by atoms with E-state index < -0.39 is 5.97 Å². The Hall–Kier alpha value is -2.11. The molecule has 0 bridgehead atoms. The monoisotopic (exact) mass is 236 g/mol. The van der Waals surface area contributed by atoms with Gasteiger partial charge in [-0.25, -0.2) is 9.78 Å². The fraction of sp³-hybridized carbons (Fsp3) is 0.364. The predicted molar refractivity (Wildman–Crippen MR) is 57.8 cm³/mol. The molecule has 0 aliphatic carbocycles. The van der Waals surface area contributed by atoms with Crippen molar-refractivity contribution in [2.45, 2.75) is 26.7 Å². The van der Waals surface area contributed by atoms with Crippen molar-refractivity contribution in [3.63, 3.8) is 0 Å². The van der Waals surface area contributed by atoms with Crippen molar-refractivity contribution in [1.29, 1.82) is 0 Å². The number of oxazole rings is 1. The maximum absolute atomic E-state index is 11.0. The second kappa shape index (κ2) is 4.04. The average Bonchev–Trinajstić information content (AvgIpc) is 2.82. The summed E-state index contributed by atoms with van der Waals surface area (Å²) in [5, 5.41) is 12.7. The summed E-state index contributed by atoms with van der Waals surface area (Å²) in [4.78, 5) is 15.1. The van der Waals surface area contributed by atoms with E-state index in [2.05, 4.69) is 10.1 Å². The van der Waals surface area contributed by atoms with Crippen LogP contribution in [0, 0.1) is 6.92 Å². The van der Waals surface area contributed by atoms with Crippen LogP contribution in [0.5, 0.6) is 0 Å². The van der Waals surface area contributed by atoms with Gasteiger partial charge in [0.25, 0.3) is 5.89 Å². The summed E-state index contributed by atoms with van der Waals surface area (Å²) < 4.78 is 10.2. The Bertz CT molecular complexity index is 554. The maximum Gasteiger partial charge on any atom is 0.373 e. The molecule has 0 atom stereocenters. The van der Waals surface area contributed by atoms with Crippen molar-refractivity contribution in [1.82, 2.24) is 10.1 Å². The van der Waals surface area contributed by atoms with E-state index in [-0.39, 0.29) is 17.6 Å². The third kappa shape index (κ3) is 2.06. The molecule has 6 nitrogen and oxygen atoms in total. The van der Waals surface area contributed by atoms with Gasteiger partial charge in [0.1, 0.15) is 0 Å². The molecule has 0 saturated carbocycles. The minimum Gasteiger partial charge on any atom is -0.475 e. The zero-order chi connectivity index (χ0) is 12.6. The van der Waals surface area contributed by atoms with Gasteiger partial charge in [0, 0.05) is 6.07 Å². The van der Waals surface area contributed by atoms with Gasteiger partial charge in [-0.1, -0.05) is 19.0 Å². The molecule has 0 spiro atoms. The number of carboxylic acids is 1. The third-order valence-corrected chi connectivity index (χ3v) is 2.23. The van der Waals surface area contributed by atoms with Crippen LogP contribution < -0.4 is 0 Å². The maximum atomic E-state index is 11.0. The summed E-state index contributed by atoms with van der Waals surface area (Å²) in [6.07, 6.45) is 0. The van der Waals surface area contributed by atoms with Crippen molar-refractivity contribution in [2.24, 2.45) is 0 Å². The van der Waals surface area contributed by atoms with Crippen LogP contribution in [-0.2, 0) is 0 Å². The fourth-order valence-electron chi connectivity index (χ4n) is 1.45. The number of rotatable bonds is 3. The molecule has 6 heteroatoms. The van der Waals surface area contributed by atoms with Crippen LogP contribution in [0.25, 0.3) is 11.7 Å². The largest absolute Gasteiger partial charge is 0.475 e. The van der Waals surface area contributed by atoms with Gasteiger partial charge in [-0.3, -0.25) is 0 Å². The van der Waals surface area contributed by atoms with Gasteiger partial charge in [-0.05, 0) is 12.8 Å². The highest BCUT2D eigenvalue weighted by Gasteiger charge is 2.23. The highest BCUT2D eigenvalue weighted by atomic mass is 16.5. The Kier molecular flexibility index (Phi) is 2.71. The second-order valence-corrected chi connectivity index (χ2v) is 4.03. The van der Waals surface area contributed by atoms with Gasteiger partial charge in [-0.15, -0.1) is 0 Å². The molecule has 17 heavy (non-hydrogen) atoms. The SMILES string of the molecule is Cc1cc(-c2nc(C(C)C)c(C(=O)O)o2)on1. The molecule has 2 rings (SSSR count). The van der Waals surface area contributed by atoms with Crippen molar-refractivity contribution in [3.05, 3.63) is 23.2 Å². The molecular weight excluding hydrogens is 224 g/mol. The highest BCUT2D eigenvalue weighted by Crippen LogP contribution is 2.26. The van der Waals surface area contributed by atoms with E-state index in [4.69, 9.17) is 14.0 Å². The summed E-state index contributed by atoms with van der Waals surface area (Å²) in [5.41, 5.74) is 1.09. The topological polar surface area (TPSA) is 89.4 Å². The fourth-order valence-corrected chi connectivity index (χ4v) is 1.45. The van der Waals surface area contributed by atoms with Gasteiger partial charge in [0.05, 0.1) is 11.4 Å². The summed E-state index contributed by atoms with van der Waals surface area (Å²) >= 11 is 0. The molecule has 1 N–H and O–H groups in total. The quantitative estimate of drug-likeness (QED) is 0.880. The number of nitrogens with zero attached hydrogens (tertiary/aromatic N) is 2. The zero-order valence-corrected chi connectivity index (χ0v) is 9.72. The van der Waals surface area contributed by atoms with Crippen LogP contribution in [0.4, 0.5) is 0 Å². The second-order valence-electron chi connectivity index (χ2n) is 4.03. The van der Waals surface area contributed by atoms with E-state index in [1.807, 2.05) is 13.8 Å². The summed E-state index contributed by atoms with van der Waals surface area (Å²) in [6.45, 7) is 5.46. The summed E-state index contributed by atoms with van der Waals surface area (Å²) in [6, 6.07) is 1.64. The Morgan fingerprint density at radius 3 is 2.59 bits per heavy atom. The number of aryl methyl sites for hydroxylation is 1. The van der Waals surface area contributed by atoms with Crippen LogP contribution in [0.3, 0.4) is 0 Å². The standard InChI is InChI=1S/C11H12N2O4/c1-5(2)8-9(11(14)15)16-10(12-8)7-4-6(3)13-17-7/h4-5H,1-3H3,(H,14,15). The molecule has 0 radical (unpaired) electrons. The van der Waals surface area contributed by atoms with Crippen molar-refractivity contribution < 1.29 is 18.8 Å². The van der Waals surface area contributed by atoms with Gasteiger partial charge >= 0.3 is 5.97 Å². The minimum atomic E-state index is -1.14. The lowest BCUT2D eigenvalue weighted by Gasteiger charge is -1.98. The van der Waals surface area contributed by atoms with Crippen molar-refractivity contribution >= 4 is 5.97 Å². The predicted octanol–water partition coefficient (Wildman–Crippen LogP) is 2.46. The molecule has 90 valence electrons. The molecule has 2 aromatic heterocycles. The molecule has 2 aromatic rings. The molecule has 0 fully saturated rings. The molecule has 0 aromatic carbocycles. The number of hydrogen-bond acceptors (Lipinski definition) is 5. The number of carbonyl (C=O) groups is 1. The van der Waals surface area contributed by atoms with E-state index in [0.717, 1.165) is 0 Å². The lowest BCUT2D eigenvalue weighted by molar-refractivity contribution is 0.0661. The Balaban J connectivity index is 2.50. The number of carboxylic acid groups (broad SMARTS) is 1. The smallest absolute Gasteiger partial charge is 0.373 e. The Labute approximate surface area is 97.2 Å². The van der Waals surface area contributed by atoms with E-state index >= 15 is 0 Å². The molecule has 0 amide bonds. The lowest BCUT2D eigenvalue weighted by atomic mass is 10.1. The average molecular weight is 236 g/mol. The van der Waals surface area contributed by atoms with Crippen molar-refractivity contribution in [3.8, 4) is 11.7 Å². The van der Waals surface area contributed by atoms with Crippen LogP contribution >= 0.6 is 0 Å². The number of aromatic nitrogens is 2. The van der Waals surface area contributed by atoms with Gasteiger partial charge in [-0.2, -0.15) is 0 Å². The molecule has 0 saturated heterocycles. The molecule has 0 unspecified atom stereocenters. The third-order valence-electron chi connectivity index (χ3n) is 2.23. The first-order chi connectivity index (χ1) is 7.99. The van der Waals surface area contributed by atoms with E-state index in [1.165, 1.54) is 0 Å². The molecule has 0 aliphatic heterocycles. The van der Waals surface area contributed by atoms with Crippen LogP contribution in [-0.4, -0.2) is 21.2 Å². The van der Waals surface area contributed by atoms with E-state index in [0.29, 0.717) is 17.1 Å².